The number of aryl methyl sites for hydroxylation is 1. The molecule has 1 aromatic heterocycles. The molecule has 0 saturated heterocycles. The summed E-state index contributed by atoms with van der Waals surface area (Å²) in [5, 5.41) is 5.02. The van der Waals surface area contributed by atoms with E-state index in [4.69, 9.17) is 11.6 Å². The number of hydrogen-bond donors (Lipinski definition) is 1. The molecule has 4 heteroatoms. The summed E-state index contributed by atoms with van der Waals surface area (Å²) in [7, 11) is 1.91. The second-order valence-electron chi connectivity index (χ2n) is 6.26. The molecule has 0 amide bonds. The first-order valence-electron chi connectivity index (χ1n) is 8.21. The Hall–Kier alpha value is -1.32. The lowest BCUT2D eigenvalue weighted by Crippen LogP contribution is -2.17. The second kappa shape index (κ2) is 7.06. The Labute approximate surface area is 146 Å². The zero-order valence-electron chi connectivity index (χ0n) is 13.6. The van der Waals surface area contributed by atoms with Gasteiger partial charge >= 0.3 is 0 Å². The van der Waals surface area contributed by atoms with Crippen LogP contribution in [-0.4, -0.2) is 12.8 Å². The fourth-order valence-corrected chi connectivity index (χ4v) is 4.69. The molecule has 122 valence electrons. The monoisotopic (exact) mass is 347 g/mol. The summed E-state index contributed by atoms with van der Waals surface area (Å²) in [6, 6.07) is 7.79. The fourth-order valence-electron chi connectivity index (χ4n) is 3.32. The third-order valence-corrected chi connectivity index (χ3v) is 6.11. The van der Waals surface area contributed by atoms with Gasteiger partial charge in [-0.1, -0.05) is 30.7 Å². The molecular weight excluding hydrogens is 326 g/mol. The number of Topliss-reactive ketones (excluding diaryl/α,β-unsaturated/α-hetero) is 1. The third kappa shape index (κ3) is 3.46. The van der Waals surface area contributed by atoms with Gasteiger partial charge in [-0.15, -0.1) is 11.3 Å². The normalized spacial score (nSPS) is 15.1. The van der Waals surface area contributed by atoms with Crippen molar-refractivity contribution in [3.63, 3.8) is 0 Å². The van der Waals surface area contributed by atoms with Crippen molar-refractivity contribution in [3.05, 3.63) is 50.9 Å². The van der Waals surface area contributed by atoms with Gasteiger partial charge in [0.2, 0.25) is 0 Å². The molecule has 0 fully saturated rings. The Kier molecular flexibility index (Phi) is 5.08. The number of nitrogens with one attached hydrogen (secondary N) is 1. The van der Waals surface area contributed by atoms with Crippen LogP contribution in [0.4, 0.5) is 5.00 Å². The highest BCUT2D eigenvalue weighted by Gasteiger charge is 2.27. The number of ketones is 1. The predicted molar refractivity (Wildman–Crippen MR) is 99.2 cm³/mol. The van der Waals surface area contributed by atoms with Gasteiger partial charge < -0.3 is 5.32 Å². The van der Waals surface area contributed by atoms with Gasteiger partial charge in [0.1, 0.15) is 0 Å². The Bertz CT molecular complexity index is 705. The molecule has 0 spiro atoms. The first-order chi connectivity index (χ1) is 11.1. The second-order valence-corrected chi connectivity index (χ2v) is 7.80. The van der Waals surface area contributed by atoms with Crippen molar-refractivity contribution in [3.8, 4) is 0 Å². The minimum absolute atomic E-state index is 0.0242. The van der Waals surface area contributed by atoms with E-state index in [1.165, 1.54) is 23.3 Å². The Morgan fingerprint density at radius 3 is 2.65 bits per heavy atom. The van der Waals surface area contributed by atoms with Crippen LogP contribution in [0.3, 0.4) is 0 Å². The molecule has 0 saturated carbocycles. The van der Waals surface area contributed by atoms with Crippen LogP contribution in [0.5, 0.6) is 0 Å². The van der Waals surface area contributed by atoms with Gasteiger partial charge in [0.15, 0.2) is 5.78 Å². The van der Waals surface area contributed by atoms with E-state index in [9.17, 15) is 4.79 Å². The molecule has 3 rings (SSSR count). The molecule has 2 aromatic rings. The number of thiophene rings is 1. The van der Waals surface area contributed by atoms with Crippen molar-refractivity contribution in [2.24, 2.45) is 5.92 Å². The first kappa shape index (κ1) is 16.5. The van der Waals surface area contributed by atoms with Gasteiger partial charge in [-0.3, -0.25) is 4.79 Å². The van der Waals surface area contributed by atoms with E-state index < -0.39 is 0 Å². The predicted octanol–water partition coefficient (Wildman–Crippen LogP) is 5.38. The summed E-state index contributed by atoms with van der Waals surface area (Å²) >= 11 is 7.70. The molecule has 1 atom stereocenters. The number of anilines is 1. The average molecular weight is 348 g/mol. The molecule has 1 aromatic carbocycles. The highest BCUT2D eigenvalue weighted by atomic mass is 35.5. The van der Waals surface area contributed by atoms with E-state index in [1.54, 1.807) is 11.3 Å². The van der Waals surface area contributed by atoms with Crippen LogP contribution in [0.25, 0.3) is 0 Å². The summed E-state index contributed by atoms with van der Waals surface area (Å²) in [6.45, 7) is 2.03. The lowest BCUT2D eigenvalue weighted by atomic mass is 9.88. The van der Waals surface area contributed by atoms with Crippen LogP contribution >= 0.6 is 22.9 Å². The van der Waals surface area contributed by atoms with Gasteiger partial charge in [0.05, 0.1) is 10.6 Å². The summed E-state index contributed by atoms with van der Waals surface area (Å²) < 4.78 is 0. The SMILES string of the molecule is CNc1sc2c(c1C(=O)C(C)Cc1ccc(Cl)cc1)CCCC2. The molecule has 0 aliphatic heterocycles. The number of fused-ring (bicyclic) bond motifs is 1. The van der Waals surface area contributed by atoms with Crippen LogP contribution in [-0.2, 0) is 19.3 Å². The maximum absolute atomic E-state index is 13.1. The Morgan fingerprint density at radius 2 is 1.96 bits per heavy atom. The van der Waals surface area contributed by atoms with Crippen LogP contribution in [0.2, 0.25) is 5.02 Å². The largest absolute Gasteiger partial charge is 0.379 e. The summed E-state index contributed by atoms with van der Waals surface area (Å²) in [4.78, 5) is 14.5. The van der Waals surface area contributed by atoms with E-state index in [-0.39, 0.29) is 11.7 Å². The summed E-state index contributed by atoms with van der Waals surface area (Å²) in [6.07, 6.45) is 5.35. The zero-order chi connectivity index (χ0) is 16.4. The summed E-state index contributed by atoms with van der Waals surface area (Å²) in [5.74, 6) is 0.243. The number of rotatable bonds is 5. The molecular formula is C19H22ClNOS. The van der Waals surface area contributed by atoms with Crippen molar-refractivity contribution in [2.75, 3.05) is 12.4 Å². The van der Waals surface area contributed by atoms with Gasteiger partial charge in [0, 0.05) is 22.9 Å². The van der Waals surface area contributed by atoms with E-state index in [1.807, 2.05) is 38.2 Å². The highest BCUT2D eigenvalue weighted by Crippen LogP contribution is 2.39. The van der Waals surface area contributed by atoms with Gasteiger partial charge in [-0.2, -0.15) is 0 Å². The first-order valence-corrected chi connectivity index (χ1v) is 9.40. The van der Waals surface area contributed by atoms with Crippen molar-refractivity contribution in [2.45, 2.75) is 39.0 Å². The van der Waals surface area contributed by atoms with Crippen LogP contribution in [0.1, 0.15) is 46.1 Å². The van der Waals surface area contributed by atoms with Gasteiger partial charge in [-0.25, -0.2) is 0 Å². The van der Waals surface area contributed by atoms with E-state index in [0.717, 1.165) is 40.4 Å². The molecule has 2 nitrogen and oxygen atoms in total. The molecule has 1 N–H and O–H groups in total. The lowest BCUT2D eigenvalue weighted by Gasteiger charge is -2.16. The molecule has 1 aliphatic carbocycles. The maximum Gasteiger partial charge on any atom is 0.169 e. The van der Waals surface area contributed by atoms with Crippen molar-refractivity contribution < 1.29 is 4.79 Å². The summed E-state index contributed by atoms with van der Waals surface area (Å²) in [5.41, 5.74) is 3.41. The quantitative estimate of drug-likeness (QED) is 0.735. The molecule has 1 aliphatic rings. The van der Waals surface area contributed by atoms with Crippen molar-refractivity contribution in [1.29, 1.82) is 0 Å². The van der Waals surface area contributed by atoms with E-state index in [0.29, 0.717) is 0 Å². The lowest BCUT2D eigenvalue weighted by molar-refractivity contribution is 0.0929. The maximum atomic E-state index is 13.1. The van der Waals surface area contributed by atoms with Crippen LogP contribution in [0, 0.1) is 5.92 Å². The minimum Gasteiger partial charge on any atom is -0.379 e. The van der Waals surface area contributed by atoms with E-state index in [2.05, 4.69) is 5.32 Å². The van der Waals surface area contributed by atoms with Gasteiger partial charge in [-0.05, 0) is 55.4 Å². The Morgan fingerprint density at radius 1 is 1.26 bits per heavy atom. The number of carbonyl (C=O) groups excluding carboxylic acids is 1. The molecule has 0 radical (unpaired) electrons. The number of carbonyl (C=O) groups is 1. The fraction of sp³-hybridized carbons (Fsp3) is 0.421. The number of benzene rings is 1. The molecule has 0 bridgehead atoms. The standard InChI is InChI=1S/C19H22ClNOS/c1-12(11-13-7-9-14(20)10-8-13)18(22)17-15-5-3-4-6-16(15)23-19(17)21-2/h7-10,12,21H,3-6,11H2,1-2H3. The van der Waals surface area contributed by atoms with Gasteiger partial charge in [0.25, 0.3) is 0 Å². The molecule has 1 heterocycles. The number of halogens is 1. The van der Waals surface area contributed by atoms with E-state index >= 15 is 0 Å². The average Bonchev–Trinajstić information content (AvgIpc) is 2.94. The zero-order valence-corrected chi connectivity index (χ0v) is 15.2. The van der Waals surface area contributed by atoms with Crippen LogP contribution in [0.15, 0.2) is 24.3 Å². The molecule has 1 unspecified atom stereocenters. The minimum atomic E-state index is -0.0242. The van der Waals surface area contributed by atoms with Crippen molar-refractivity contribution >= 4 is 33.7 Å². The topological polar surface area (TPSA) is 29.1 Å². The highest BCUT2D eigenvalue weighted by molar-refractivity contribution is 7.16. The van der Waals surface area contributed by atoms with Crippen LogP contribution < -0.4 is 5.32 Å². The smallest absolute Gasteiger partial charge is 0.169 e. The molecule has 23 heavy (non-hydrogen) atoms. The van der Waals surface area contributed by atoms with Crippen molar-refractivity contribution in [1.82, 2.24) is 0 Å². The Balaban J connectivity index is 1.84. The third-order valence-electron chi connectivity index (χ3n) is 4.55. The number of hydrogen-bond acceptors (Lipinski definition) is 3.